The SMILES string of the molecule is Cc1ccc(C(=O)N2CCN[C@@H](C)C2)c(C)c1.Cl. The summed E-state index contributed by atoms with van der Waals surface area (Å²) in [6, 6.07) is 6.41. The van der Waals surface area contributed by atoms with Crippen LogP contribution >= 0.6 is 12.4 Å². The first kappa shape index (κ1) is 15.0. The van der Waals surface area contributed by atoms with Crippen molar-refractivity contribution in [1.82, 2.24) is 10.2 Å². The molecule has 1 heterocycles. The predicted octanol–water partition coefficient (Wildman–Crippen LogP) is 2.16. The van der Waals surface area contributed by atoms with E-state index in [9.17, 15) is 4.79 Å². The van der Waals surface area contributed by atoms with Crippen LogP contribution in [-0.4, -0.2) is 36.5 Å². The molecule has 18 heavy (non-hydrogen) atoms. The molecule has 0 spiro atoms. The maximum atomic E-state index is 12.4. The standard InChI is InChI=1S/C14H20N2O.ClH/c1-10-4-5-13(11(2)8-10)14(17)16-7-6-15-12(3)9-16;/h4-5,8,12,15H,6-7,9H2,1-3H3;1H/t12-;/m0./s1. The van der Waals surface area contributed by atoms with Gasteiger partial charge in [-0.15, -0.1) is 12.4 Å². The lowest BCUT2D eigenvalue weighted by Gasteiger charge is -2.32. The van der Waals surface area contributed by atoms with Crippen molar-refractivity contribution in [3.8, 4) is 0 Å². The molecule has 1 aromatic carbocycles. The van der Waals surface area contributed by atoms with Crippen LogP contribution in [0.5, 0.6) is 0 Å². The molecular weight excluding hydrogens is 248 g/mol. The number of hydrogen-bond donors (Lipinski definition) is 1. The minimum absolute atomic E-state index is 0. The van der Waals surface area contributed by atoms with Crippen LogP contribution in [-0.2, 0) is 0 Å². The van der Waals surface area contributed by atoms with E-state index >= 15 is 0 Å². The molecule has 1 N–H and O–H groups in total. The maximum Gasteiger partial charge on any atom is 0.254 e. The van der Waals surface area contributed by atoms with Gasteiger partial charge < -0.3 is 10.2 Å². The van der Waals surface area contributed by atoms with Crippen molar-refractivity contribution in [2.24, 2.45) is 0 Å². The lowest BCUT2D eigenvalue weighted by molar-refractivity contribution is 0.0708. The molecule has 3 nitrogen and oxygen atoms in total. The molecule has 0 aromatic heterocycles. The van der Waals surface area contributed by atoms with Gasteiger partial charge in [0.15, 0.2) is 0 Å². The number of nitrogens with zero attached hydrogens (tertiary/aromatic N) is 1. The van der Waals surface area contributed by atoms with Gasteiger partial charge in [-0.05, 0) is 32.4 Å². The predicted molar refractivity (Wildman–Crippen MR) is 76.5 cm³/mol. The fourth-order valence-electron chi connectivity index (χ4n) is 2.34. The molecule has 0 radical (unpaired) electrons. The van der Waals surface area contributed by atoms with Gasteiger partial charge in [0, 0.05) is 31.2 Å². The highest BCUT2D eigenvalue weighted by Crippen LogP contribution is 2.14. The van der Waals surface area contributed by atoms with E-state index in [1.807, 2.05) is 30.9 Å². The van der Waals surface area contributed by atoms with Gasteiger partial charge in [0.05, 0.1) is 0 Å². The summed E-state index contributed by atoms with van der Waals surface area (Å²) >= 11 is 0. The molecule has 100 valence electrons. The van der Waals surface area contributed by atoms with Gasteiger partial charge >= 0.3 is 0 Å². The van der Waals surface area contributed by atoms with Gasteiger partial charge in [-0.1, -0.05) is 17.7 Å². The topological polar surface area (TPSA) is 32.3 Å². The Bertz CT molecular complexity index is 434. The number of halogens is 1. The lowest BCUT2D eigenvalue weighted by Crippen LogP contribution is -2.51. The van der Waals surface area contributed by atoms with E-state index in [4.69, 9.17) is 0 Å². The van der Waals surface area contributed by atoms with E-state index < -0.39 is 0 Å². The first-order valence-electron chi connectivity index (χ1n) is 6.18. The summed E-state index contributed by atoms with van der Waals surface area (Å²) in [5.41, 5.74) is 3.11. The Morgan fingerprint density at radius 2 is 2.11 bits per heavy atom. The Balaban J connectivity index is 0.00000162. The normalized spacial score (nSPS) is 19.3. The third kappa shape index (κ3) is 3.24. The summed E-state index contributed by atoms with van der Waals surface area (Å²) < 4.78 is 0. The number of nitrogens with one attached hydrogen (secondary N) is 1. The largest absolute Gasteiger partial charge is 0.336 e. The minimum atomic E-state index is 0. The summed E-state index contributed by atoms with van der Waals surface area (Å²) in [6.07, 6.45) is 0. The highest BCUT2D eigenvalue weighted by molar-refractivity contribution is 5.95. The Labute approximate surface area is 115 Å². The zero-order valence-electron chi connectivity index (χ0n) is 11.2. The molecule has 0 unspecified atom stereocenters. The van der Waals surface area contributed by atoms with E-state index in [2.05, 4.69) is 18.3 Å². The van der Waals surface area contributed by atoms with E-state index in [0.29, 0.717) is 6.04 Å². The Kier molecular flexibility index (Phi) is 5.17. The smallest absolute Gasteiger partial charge is 0.254 e. The Morgan fingerprint density at radius 3 is 2.72 bits per heavy atom. The number of carbonyl (C=O) groups excluding carboxylic acids is 1. The van der Waals surface area contributed by atoms with Crippen molar-refractivity contribution in [3.63, 3.8) is 0 Å². The highest BCUT2D eigenvalue weighted by Gasteiger charge is 2.22. The number of amides is 1. The molecule has 0 bridgehead atoms. The van der Waals surface area contributed by atoms with Crippen molar-refractivity contribution in [1.29, 1.82) is 0 Å². The van der Waals surface area contributed by atoms with Gasteiger partial charge in [-0.2, -0.15) is 0 Å². The van der Waals surface area contributed by atoms with Crippen LogP contribution in [0.1, 0.15) is 28.4 Å². The van der Waals surface area contributed by atoms with E-state index in [-0.39, 0.29) is 18.3 Å². The highest BCUT2D eigenvalue weighted by atomic mass is 35.5. The molecule has 1 saturated heterocycles. The molecule has 2 rings (SSSR count). The molecule has 1 aliphatic heterocycles. The van der Waals surface area contributed by atoms with Crippen molar-refractivity contribution in [3.05, 3.63) is 34.9 Å². The fraction of sp³-hybridized carbons (Fsp3) is 0.500. The van der Waals surface area contributed by atoms with Crippen LogP contribution < -0.4 is 5.32 Å². The minimum Gasteiger partial charge on any atom is -0.336 e. The number of hydrogen-bond acceptors (Lipinski definition) is 2. The third-order valence-corrected chi connectivity index (χ3v) is 3.27. The van der Waals surface area contributed by atoms with Gasteiger partial charge in [-0.3, -0.25) is 4.79 Å². The van der Waals surface area contributed by atoms with E-state index in [1.165, 1.54) is 5.56 Å². The first-order valence-corrected chi connectivity index (χ1v) is 6.18. The lowest BCUT2D eigenvalue weighted by atomic mass is 10.0. The first-order chi connectivity index (χ1) is 8.08. The molecule has 0 aliphatic carbocycles. The van der Waals surface area contributed by atoms with E-state index in [0.717, 1.165) is 30.8 Å². The van der Waals surface area contributed by atoms with Crippen LogP contribution in [0.4, 0.5) is 0 Å². The van der Waals surface area contributed by atoms with Gasteiger partial charge in [0.2, 0.25) is 0 Å². The second kappa shape index (κ2) is 6.21. The van der Waals surface area contributed by atoms with E-state index in [1.54, 1.807) is 0 Å². The molecule has 1 fully saturated rings. The van der Waals surface area contributed by atoms with Crippen molar-refractivity contribution in [2.75, 3.05) is 19.6 Å². The fourth-order valence-corrected chi connectivity index (χ4v) is 2.34. The number of carbonyl (C=O) groups is 1. The van der Waals surface area contributed by atoms with Gasteiger partial charge in [0.25, 0.3) is 5.91 Å². The summed E-state index contributed by atoms with van der Waals surface area (Å²) in [6.45, 7) is 8.65. The summed E-state index contributed by atoms with van der Waals surface area (Å²) in [4.78, 5) is 14.3. The number of benzene rings is 1. The monoisotopic (exact) mass is 268 g/mol. The number of aryl methyl sites for hydroxylation is 2. The maximum absolute atomic E-state index is 12.4. The van der Waals surface area contributed by atoms with Crippen molar-refractivity contribution >= 4 is 18.3 Å². The molecule has 4 heteroatoms. The molecular formula is C14H21ClN2O. The van der Waals surface area contributed by atoms with Crippen LogP contribution in [0.25, 0.3) is 0 Å². The summed E-state index contributed by atoms with van der Waals surface area (Å²) in [5, 5.41) is 3.35. The van der Waals surface area contributed by atoms with Crippen LogP contribution in [0.3, 0.4) is 0 Å². The van der Waals surface area contributed by atoms with Crippen molar-refractivity contribution < 1.29 is 4.79 Å². The summed E-state index contributed by atoms with van der Waals surface area (Å²) in [7, 11) is 0. The summed E-state index contributed by atoms with van der Waals surface area (Å²) in [5.74, 6) is 0.163. The van der Waals surface area contributed by atoms with Crippen LogP contribution in [0.2, 0.25) is 0 Å². The zero-order valence-corrected chi connectivity index (χ0v) is 12.0. The molecule has 1 aromatic rings. The second-order valence-corrected chi connectivity index (χ2v) is 4.92. The Morgan fingerprint density at radius 1 is 1.39 bits per heavy atom. The van der Waals surface area contributed by atoms with Gasteiger partial charge in [0.1, 0.15) is 0 Å². The Hall–Kier alpha value is -1.06. The average Bonchev–Trinajstić information content (AvgIpc) is 2.28. The number of piperazine rings is 1. The van der Waals surface area contributed by atoms with Gasteiger partial charge in [-0.25, -0.2) is 0 Å². The third-order valence-electron chi connectivity index (χ3n) is 3.27. The number of rotatable bonds is 1. The quantitative estimate of drug-likeness (QED) is 0.847. The van der Waals surface area contributed by atoms with Crippen LogP contribution in [0.15, 0.2) is 18.2 Å². The average molecular weight is 269 g/mol. The molecule has 1 atom stereocenters. The zero-order chi connectivity index (χ0) is 12.4. The van der Waals surface area contributed by atoms with Crippen LogP contribution in [0, 0.1) is 13.8 Å². The molecule has 1 amide bonds. The van der Waals surface area contributed by atoms with Crippen molar-refractivity contribution in [2.45, 2.75) is 26.8 Å². The molecule has 1 aliphatic rings. The molecule has 0 saturated carbocycles. The second-order valence-electron chi connectivity index (χ2n) is 4.92.